The van der Waals surface area contributed by atoms with Crippen LogP contribution in [0.5, 0.6) is 0 Å². The molecule has 1 saturated carbocycles. The van der Waals surface area contributed by atoms with Crippen LogP contribution in [0.1, 0.15) is 50.1 Å². The molecule has 2 nitrogen and oxygen atoms in total. The summed E-state index contributed by atoms with van der Waals surface area (Å²) in [6, 6.07) is 5.29. The molecule has 1 saturated heterocycles. The van der Waals surface area contributed by atoms with E-state index in [4.69, 9.17) is 16.3 Å². The molecule has 1 aromatic carbocycles. The lowest BCUT2D eigenvalue weighted by atomic mass is 9.78. The Morgan fingerprint density at radius 1 is 1.38 bits per heavy atom. The molecule has 116 valence electrons. The summed E-state index contributed by atoms with van der Waals surface area (Å²) in [5.74, 6) is 0.111. The van der Waals surface area contributed by atoms with Crippen LogP contribution >= 0.6 is 11.6 Å². The lowest BCUT2D eigenvalue weighted by molar-refractivity contribution is -0.0980. The Morgan fingerprint density at radius 2 is 2.14 bits per heavy atom. The molecule has 2 fully saturated rings. The normalized spacial score (nSPS) is 26.1. The van der Waals surface area contributed by atoms with E-state index in [0.29, 0.717) is 11.5 Å². The predicted molar refractivity (Wildman–Crippen MR) is 83.1 cm³/mol. The van der Waals surface area contributed by atoms with Crippen LogP contribution in [0.2, 0.25) is 5.02 Å². The highest BCUT2D eigenvalue weighted by Crippen LogP contribution is 2.45. The summed E-state index contributed by atoms with van der Waals surface area (Å²) in [5.41, 5.74) is 0.734. The zero-order valence-electron chi connectivity index (χ0n) is 12.5. The van der Waals surface area contributed by atoms with Gasteiger partial charge in [-0.25, -0.2) is 4.39 Å². The van der Waals surface area contributed by atoms with Crippen molar-refractivity contribution in [3.8, 4) is 0 Å². The number of hydrogen-bond acceptors (Lipinski definition) is 2. The van der Waals surface area contributed by atoms with Crippen molar-refractivity contribution < 1.29 is 9.13 Å². The third-order valence-electron chi connectivity index (χ3n) is 5.14. The third kappa shape index (κ3) is 2.96. The summed E-state index contributed by atoms with van der Waals surface area (Å²) in [6.45, 7) is 0.783. The van der Waals surface area contributed by atoms with E-state index in [1.54, 1.807) is 6.07 Å². The zero-order valence-corrected chi connectivity index (χ0v) is 13.3. The fraction of sp³-hybridized carbons (Fsp3) is 0.647. The molecular formula is C17H23ClFNO. The second kappa shape index (κ2) is 6.23. The smallest absolute Gasteiger partial charge is 0.146 e. The quantitative estimate of drug-likeness (QED) is 0.888. The molecule has 21 heavy (non-hydrogen) atoms. The molecule has 2 atom stereocenters. The van der Waals surface area contributed by atoms with Crippen molar-refractivity contribution in [1.82, 2.24) is 5.32 Å². The zero-order chi connectivity index (χ0) is 14.9. The van der Waals surface area contributed by atoms with Gasteiger partial charge in [0.25, 0.3) is 0 Å². The van der Waals surface area contributed by atoms with Crippen LogP contribution in [-0.4, -0.2) is 19.3 Å². The molecule has 0 bridgehead atoms. The van der Waals surface area contributed by atoms with Crippen molar-refractivity contribution >= 4 is 11.6 Å². The van der Waals surface area contributed by atoms with Crippen LogP contribution < -0.4 is 5.32 Å². The summed E-state index contributed by atoms with van der Waals surface area (Å²) in [4.78, 5) is 0. The number of rotatable bonds is 3. The average molecular weight is 312 g/mol. The molecule has 1 heterocycles. The summed E-state index contributed by atoms with van der Waals surface area (Å²) in [5, 5.41) is 3.51. The largest absolute Gasteiger partial charge is 0.375 e. The van der Waals surface area contributed by atoms with Crippen molar-refractivity contribution in [2.45, 2.75) is 50.2 Å². The number of hydrogen-bond donors (Lipinski definition) is 1. The molecule has 0 amide bonds. The standard InChI is InChI=1S/C17H23ClFNO/c1-20-16(13-5-4-6-14(18)15(13)19)12-7-10-21-17(11-12)8-2-3-9-17/h4-6,12,16,20H,2-3,7-11H2,1H3. The SMILES string of the molecule is CNC(c1cccc(Cl)c1F)C1CCOC2(CCCC2)C1. The Kier molecular flexibility index (Phi) is 4.53. The Balaban J connectivity index is 1.84. The van der Waals surface area contributed by atoms with Gasteiger partial charge in [-0.2, -0.15) is 0 Å². The molecule has 1 N–H and O–H groups in total. The number of nitrogens with one attached hydrogen (secondary N) is 1. The van der Waals surface area contributed by atoms with Gasteiger partial charge in [-0.3, -0.25) is 0 Å². The third-order valence-corrected chi connectivity index (χ3v) is 5.44. The van der Waals surface area contributed by atoms with Crippen LogP contribution in [0.4, 0.5) is 4.39 Å². The lowest BCUT2D eigenvalue weighted by Crippen LogP contribution is -2.41. The molecule has 1 aliphatic carbocycles. The van der Waals surface area contributed by atoms with E-state index in [1.807, 2.05) is 19.2 Å². The minimum absolute atomic E-state index is 0.00470. The maximum atomic E-state index is 14.4. The highest BCUT2D eigenvalue weighted by molar-refractivity contribution is 6.30. The summed E-state index contributed by atoms with van der Waals surface area (Å²) in [7, 11) is 1.90. The highest BCUT2D eigenvalue weighted by atomic mass is 35.5. The second-order valence-electron chi connectivity index (χ2n) is 6.40. The van der Waals surface area contributed by atoms with Crippen LogP contribution in [-0.2, 0) is 4.74 Å². The second-order valence-corrected chi connectivity index (χ2v) is 6.81. The fourth-order valence-electron chi connectivity index (χ4n) is 4.12. The molecule has 1 spiro atoms. The summed E-state index contributed by atoms with van der Waals surface area (Å²) < 4.78 is 20.5. The van der Waals surface area contributed by atoms with E-state index in [9.17, 15) is 4.39 Å². The maximum absolute atomic E-state index is 14.4. The van der Waals surface area contributed by atoms with Gasteiger partial charge in [-0.05, 0) is 44.7 Å². The van der Waals surface area contributed by atoms with Crippen molar-refractivity contribution in [3.05, 3.63) is 34.6 Å². The highest BCUT2D eigenvalue weighted by Gasteiger charge is 2.42. The lowest BCUT2D eigenvalue weighted by Gasteiger charge is -2.41. The molecule has 4 heteroatoms. The van der Waals surface area contributed by atoms with E-state index in [-0.39, 0.29) is 22.5 Å². The topological polar surface area (TPSA) is 21.3 Å². The van der Waals surface area contributed by atoms with Crippen molar-refractivity contribution in [2.75, 3.05) is 13.7 Å². The maximum Gasteiger partial charge on any atom is 0.146 e. The molecule has 1 aromatic rings. The van der Waals surface area contributed by atoms with E-state index in [2.05, 4.69) is 5.32 Å². The van der Waals surface area contributed by atoms with Crippen LogP contribution in [0.25, 0.3) is 0 Å². The van der Waals surface area contributed by atoms with Crippen LogP contribution in [0.3, 0.4) is 0 Å². The fourth-order valence-corrected chi connectivity index (χ4v) is 4.31. The Bertz CT molecular complexity index is 502. The minimum atomic E-state index is -0.287. The summed E-state index contributed by atoms with van der Waals surface area (Å²) >= 11 is 5.95. The average Bonchev–Trinajstić information content (AvgIpc) is 2.92. The molecule has 0 radical (unpaired) electrons. The van der Waals surface area contributed by atoms with Crippen LogP contribution in [0, 0.1) is 11.7 Å². The minimum Gasteiger partial charge on any atom is -0.375 e. The van der Waals surface area contributed by atoms with Gasteiger partial charge < -0.3 is 10.1 Å². The van der Waals surface area contributed by atoms with Crippen LogP contribution in [0.15, 0.2) is 18.2 Å². The van der Waals surface area contributed by atoms with E-state index in [1.165, 1.54) is 12.8 Å². The van der Waals surface area contributed by atoms with Gasteiger partial charge >= 0.3 is 0 Å². The summed E-state index contributed by atoms with van der Waals surface area (Å²) in [6.07, 6.45) is 6.80. The molecule has 1 aliphatic heterocycles. The van der Waals surface area contributed by atoms with Gasteiger partial charge in [0.05, 0.1) is 10.6 Å². The number of ether oxygens (including phenoxy) is 1. The van der Waals surface area contributed by atoms with E-state index < -0.39 is 0 Å². The monoisotopic (exact) mass is 311 g/mol. The first kappa shape index (κ1) is 15.3. The van der Waals surface area contributed by atoms with Gasteiger partial charge in [0.2, 0.25) is 0 Å². The van der Waals surface area contributed by atoms with Crippen molar-refractivity contribution in [2.24, 2.45) is 5.92 Å². The van der Waals surface area contributed by atoms with Gasteiger partial charge in [0, 0.05) is 18.2 Å². The molecule has 0 aromatic heterocycles. The van der Waals surface area contributed by atoms with Gasteiger partial charge in [0.1, 0.15) is 5.82 Å². The first-order valence-electron chi connectivity index (χ1n) is 7.90. The Labute approximate surface area is 131 Å². The van der Waals surface area contributed by atoms with Gasteiger partial charge in [-0.15, -0.1) is 0 Å². The van der Waals surface area contributed by atoms with E-state index in [0.717, 1.165) is 32.3 Å². The first-order chi connectivity index (χ1) is 10.2. The van der Waals surface area contributed by atoms with Gasteiger partial charge in [0.15, 0.2) is 0 Å². The first-order valence-corrected chi connectivity index (χ1v) is 8.28. The molecule has 3 rings (SSSR count). The molecule has 2 aliphatic rings. The van der Waals surface area contributed by atoms with Crippen molar-refractivity contribution in [3.63, 3.8) is 0 Å². The molecule has 2 unspecified atom stereocenters. The van der Waals surface area contributed by atoms with E-state index >= 15 is 0 Å². The Morgan fingerprint density at radius 3 is 2.86 bits per heavy atom. The molecular weight excluding hydrogens is 289 g/mol. The number of halogens is 2. The number of benzene rings is 1. The Hall–Kier alpha value is -0.640. The van der Waals surface area contributed by atoms with Gasteiger partial charge in [-0.1, -0.05) is 36.6 Å². The van der Waals surface area contributed by atoms with Crippen molar-refractivity contribution in [1.29, 1.82) is 0 Å². The predicted octanol–water partition coefficient (Wildman–Crippen LogP) is 4.48.